The predicted octanol–water partition coefficient (Wildman–Crippen LogP) is 4.91. The van der Waals surface area contributed by atoms with Crippen LogP contribution < -0.4 is 5.32 Å². The summed E-state index contributed by atoms with van der Waals surface area (Å²) in [6.07, 6.45) is 2.55. The van der Waals surface area contributed by atoms with E-state index in [9.17, 15) is 18.9 Å². The van der Waals surface area contributed by atoms with E-state index in [2.05, 4.69) is 12.2 Å². The van der Waals surface area contributed by atoms with Crippen LogP contribution in [-0.4, -0.2) is 11.0 Å². The Kier molecular flexibility index (Phi) is 5.09. The SMILES string of the molecule is CCC1CCC(Nc2ccc([N+](=O)[O-])cc2C(F)F)CC1. The molecular weight excluding hydrogens is 278 g/mol. The van der Waals surface area contributed by atoms with Gasteiger partial charge in [-0.3, -0.25) is 10.1 Å². The lowest BCUT2D eigenvalue weighted by Crippen LogP contribution is -2.26. The van der Waals surface area contributed by atoms with E-state index in [0.717, 1.165) is 44.1 Å². The average Bonchev–Trinajstić information content (AvgIpc) is 2.48. The molecule has 0 heterocycles. The van der Waals surface area contributed by atoms with Gasteiger partial charge in [-0.2, -0.15) is 0 Å². The van der Waals surface area contributed by atoms with Crippen LogP contribution in [0.25, 0.3) is 0 Å². The van der Waals surface area contributed by atoms with Crippen LogP contribution in [0.15, 0.2) is 18.2 Å². The van der Waals surface area contributed by atoms with E-state index in [0.29, 0.717) is 5.69 Å². The lowest BCUT2D eigenvalue weighted by molar-refractivity contribution is -0.385. The smallest absolute Gasteiger partial charge is 0.270 e. The Morgan fingerprint density at radius 3 is 2.52 bits per heavy atom. The maximum atomic E-state index is 13.1. The molecule has 1 N–H and O–H groups in total. The highest BCUT2D eigenvalue weighted by atomic mass is 19.3. The van der Waals surface area contributed by atoms with E-state index in [1.165, 1.54) is 12.1 Å². The molecule has 0 saturated heterocycles. The summed E-state index contributed by atoms with van der Waals surface area (Å²) >= 11 is 0. The van der Waals surface area contributed by atoms with E-state index in [1.807, 2.05) is 0 Å². The lowest BCUT2D eigenvalue weighted by Gasteiger charge is -2.29. The largest absolute Gasteiger partial charge is 0.382 e. The summed E-state index contributed by atoms with van der Waals surface area (Å²) in [5.74, 6) is 0.731. The number of non-ortho nitro benzene ring substituents is 1. The molecule has 1 aliphatic carbocycles. The first kappa shape index (κ1) is 15.7. The second kappa shape index (κ2) is 6.83. The molecule has 1 aliphatic rings. The predicted molar refractivity (Wildman–Crippen MR) is 77.7 cm³/mol. The second-order valence-corrected chi connectivity index (χ2v) is 5.60. The summed E-state index contributed by atoms with van der Waals surface area (Å²) in [6, 6.07) is 3.80. The van der Waals surface area contributed by atoms with Gasteiger partial charge in [-0.1, -0.05) is 13.3 Å². The number of alkyl halides is 2. The number of halogens is 2. The monoisotopic (exact) mass is 298 g/mol. The van der Waals surface area contributed by atoms with Crippen molar-refractivity contribution in [1.82, 2.24) is 0 Å². The molecule has 1 fully saturated rings. The van der Waals surface area contributed by atoms with Crippen LogP contribution in [0.1, 0.15) is 51.0 Å². The van der Waals surface area contributed by atoms with Crippen molar-refractivity contribution in [3.8, 4) is 0 Å². The van der Waals surface area contributed by atoms with Gasteiger partial charge in [0, 0.05) is 29.4 Å². The third-order valence-corrected chi connectivity index (χ3v) is 4.26. The van der Waals surface area contributed by atoms with E-state index >= 15 is 0 Å². The fourth-order valence-corrected chi connectivity index (χ4v) is 2.91. The van der Waals surface area contributed by atoms with Crippen LogP contribution in [-0.2, 0) is 0 Å². The molecular formula is C15H20F2N2O2. The van der Waals surface area contributed by atoms with Crippen LogP contribution in [0.2, 0.25) is 0 Å². The van der Waals surface area contributed by atoms with Gasteiger partial charge in [0.2, 0.25) is 0 Å². The van der Waals surface area contributed by atoms with Gasteiger partial charge >= 0.3 is 0 Å². The van der Waals surface area contributed by atoms with Gasteiger partial charge in [-0.15, -0.1) is 0 Å². The minimum absolute atomic E-state index is 0.173. The Balaban J connectivity index is 2.11. The van der Waals surface area contributed by atoms with Crippen molar-refractivity contribution < 1.29 is 13.7 Å². The Bertz CT molecular complexity index is 500. The van der Waals surface area contributed by atoms with Crippen LogP contribution in [0.5, 0.6) is 0 Å². The molecule has 0 amide bonds. The average molecular weight is 298 g/mol. The number of anilines is 1. The number of nitrogens with zero attached hydrogens (tertiary/aromatic N) is 1. The van der Waals surface area contributed by atoms with Crippen LogP contribution in [0.3, 0.4) is 0 Å². The van der Waals surface area contributed by atoms with E-state index in [-0.39, 0.29) is 17.3 Å². The molecule has 1 saturated carbocycles. The molecule has 0 spiro atoms. The Morgan fingerprint density at radius 1 is 1.33 bits per heavy atom. The van der Waals surface area contributed by atoms with Crippen molar-refractivity contribution in [2.24, 2.45) is 5.92 Å². The topological polar surface area (TPSA) is 55.2 Å². The van der Waals surface area contributed by atoms with Crippen molar-refractivity contribution in [2.45, 2.75) is 51.5 Å². The van der Waals surface area contributed by atoms with E-state index < -0.39 is 11.3 Å². The van der Waals surface area contributed by atoms with Crippen molar-refractivity contribution in [3.05, 3.63) is 33.9 Å². The zero-order valence-corrected chi connectivity index (χ0v) is 12.0. The van der Waals surface area contributed by atoms with Crippen molar-refractivity contribution in [2.75, 3.05) is 5.32 Å². The molecule has 21 heavy (non-hydrogen) atoms. The molecule has 4 nitrogen and oxygen atoms in total. The molecule has 0 unspecified atom stereocenters. The van der Waals surface area contributed by atoms with Gasteiger partial charge in [-0.05, 0) is 37.7 Å². The number of nitro benzene ring substituents is 1. The summed E-state index contributed by atoms with van der Waals surface area (Å²) in [6.45, 7) is 2.17. The van der Waals surface area contributed by atoms with Gasteiger partial charge in [0.05, 0.1) is 4.92 Å². The molecule has 0 radical (unpaired) electrons. The minimum atomic E-state index is -2.72. The van der Waals surface area contributed by atoms with Gasteiger partial charge in [-0.25, -0.2) is 8.78 Å². The van der Waals surface area contributed by atoms with Crippen molar-refractivity contribution in [3.63, 3.8) is 0 Å². The first-order valence-electron chi connectivity index (χ1n) is 7.34. The summed E-state index contributed by atoms with van der Waals surface area (Å²) in [5.41, 5.74) is -0.275. The molecule has 0 bridgehead atoms. The van der Waals surface area contributed by atoms with Crippen molar-refractivity contribution >= 4 is 11.4 Å². The zero-order valence-electron chi connectivity index (χ0n) is 12.0. The number of hydrogen-bond acceptors (Lipinski definition) is 3. The molecule has 0 atom stereocenters. The highest BCUT2D eigenvalue weighted by Crippen LogP contribution is 2.34. The standard InChI is InChI=1S/C15H20F2N2O2/c1-2-10-3-5-11(6-4-10)18-14-8-7-12(19(20)21)9-13(14)15(16)17/h7-11,15,18H,2-6H2,1H3. The number of nitro groups is 1. The second-order valence-electron chi connectivity index (χ2n) is 5.60. The quantitative estimate of drug-likeness (QED) is 0.620. The number of nitrogens with one attached hydrogen (secondary N) is 1. The Labute approximate surface area is 122 Å². The van der Waals surface area contributed by atoms with E-state index in [4.69, 9.17) is 0 Å². The maximum absolute atomic E-state index is 13.1. The highest BCUT2D eigenvalue weighted by Gasteiger charge is 2.23. The summed E-state index contributed by atoms with van der Waals surface area (Å²) in [5, 5.41) is 13.8. The normalized spacial score (nSPS) is 22.3. The summed E-state index contributed by atoms with van der Waals surface area (Å²) in [7, 11) is 0. The number of hydrogen-bond donors (Lipinski definition) is 1. The van der Waals surface area contributed by atoms with Crippen molar-refractivity contribution in [1.29, 1.82) is 0 Å². The van der Waals surface area contributed by atoms with Crippen LogP contribution in [0, 0.1) is 16.0 Å². The molecule has 0 aromatic heterocycles. The number of benzene rings is 1. The fraction of sp³-hybridized carbons (Fsp3) is 0.600. The third-order valence-electron chi connectivity index (χ3n) is 4.26. The molecule has 2 rings (SSSR count). The fourth-order valence-electron chi connectivity index (χ4n) is 2.91. The van der Waals surface area contributed by atoms with Gasteiger partial charge in [0.15, 0.2) is 0 Å². The molecule has 0 aliphatic heterocycles. The summed E-state index contributed by atoms with van der Waals surface area (Å²) < 4.78 is 26.2. The van der Waals surface area contributed by atoms with Crippen LogP contribution in [0.4, 0.5) is 20.2 Å². The molecule has 1 aromatic rings. The maximum Gasteiger partial charge on any atom is 0.270 e. The minimum Gasteiger partial charge on any atom is -0.382 e. The van der Waals surface area contributed by atoms with Gasteiger partial charge in [0.25, 0.3) is 12.1 Å². The molecule has 116 valence electrons. The molecule has 6 heteroatoms. The van der Waals surface area contributed by atoms with Crippen LogP contribution >= 0.6 is 0 Å². The highest BCUT2D eigenvalue weighted by molar-refractivity contribution is 5.57. The third kappa shape index (κ3) is 3.89. The van der Waals surface area contributed by atoms with Gasteiger partial charge < -0.3 is 5.32 Å². The first-order chi connectivity index (χ1) is 10.0. The number of rotatable bonds is 5. The van der Waals surface area contributed by atoms with Gasteiger partial charge in [0.1, 0.15) is 0 Å². The Morgan fingerprint density at radius 2 is 2.00 bits per heavy atom. The molecule has 1 aromatic carbocycles. The lowest BCUT2D eigenvalue weighted by atomic mass is 9.84. The Hall–Kier alpha value is -1.72. The first-order valence-corrected chi connectivity index (χ1v) is 7.34. The van der Waals surface area contributed by atoms with E-state index in [1.54, 1.807) is 0 Å². The zero-order chi connectivity index (χ0) is 15.4. The summed E-state index contributed by atoms with van der Waals surface area (Å²) in [4.78, 5) is 10.0.